The summed E-state index contributed by atoms with van der Waals surface area (Å²) in [5.74, 6) is 0.354. The van der Waals surface area contributed by atoms with Gasteiger partial charge in [0.2, 0.25) is 0 Å². The smallest absolute Gasteiger partial charge is 0.323 e. The van der Waals surface area contributed by atoms with Crippen LogP contribution in [0.2, 0.25) is 0 Å². The van der Waals surface area contributed by atoms with Crippen molar-refractivity contribution in [3.63, 3.8) is 0 Å². The topological polar surface area (TPSA) is 38.3 Å². The predicted octanol–water partition coefficient (Wildman–Crippen LogP) is 1.36. The van der Waals surface area contributed by atoms with Crippen LogP contribution >= 0.6 is 12.4 Å². The molecule has 0 amide bonds. The summed E-state index contributed by atoms with van der Waals surface area (Å²) in [4.78, 5) is 11.3. The van der Waals surface area contributed by atoms with Gasteiger partial charge in [0, 0.05) is 0 Å². The van der Waals surface area contributed by atoms with Crippen LogP contribution < -0.4 is 5.32 Å². The molecular formula is C9H18ClNO2. The van der Waals surface area contributed by atoms with Gasteiger partial charge in [0.1, 0.15) is 6.04 Å². The normalized spacial score (nSPS) is 27.5. The van der Waals surface area contributed by atoms with Gasteiger partial charge in [-0.2, -0.15) is 0 Å². The van der Waals surface area contributed by atoms with Gasteiger partial charge in [-0.1, -0.05) is 13.3 Å². The van der Waals surface area contributed by atoms with Crippen LogP contribution in [0.1, 0.15) is 26.2 Å². The Morgan fingerprint density at radius 2 is 2.31 bits per heavy atom. The number of piperidine rings is 1. The number of halogens is 1. The van der Waals surface area contributed by atoms with E-state index >= 15 is 0 Å². The van der Waals surface area contributed by atoms with Gasteiger partial charge < -0.3 is 10.1 Å². The lowest BCUT2D eigenvalue weighted by Crippen LogP contribution is -2.47. The maximum absolute atomic E-state index is 11.3. The number of methoxy groups -OCH3 is 1. The average Bonchev–Trinajstić information content (AvgIpc) is 2.16. The van der Waals surface area contributed by atoms with E-state index in [9.17, 15) is 4.79 Å². The van der Waals surface area contributed by atoms with Gasteiger partial charge in [-0.3, -0.25) is 4.79 Å². The Labute approximate surface area is 85.6 Å². The van der Waals surface area contributed by atoms with Crippen LogP contribution in [0, 0.1) is 5.92 Å². The Hall–Kier alpha value is -0.280. The van der Waals surface area contributed by atoms with Gasteiger partial charge in [-0.05, 0) is 25.3 Å². The van der Waals surface area contributed by atoms with Gasteiger partial charge in [-0.15, -0.1) is 12.4 Å². The van der Waals surface area contributed by atoms with E-state index in [0.717, 1.165) is 19.4 Å². The van der Waals surface area contributed by atoms with Crippen LogP contribution in [-0.2, 0) is 9.53 Å². The van der Waals surface area contributed by atoms with Crippen LogP contribution in [0.3, 0.4) is 0 Å². The lowest BCUT2D eigenvalue weighted by molar-refractivity contribution is -0.145. The molecule has 1 aliphatic rings. The first-order valence-corrected chi connectivity index (χ1v) is 4.60. The Kier molecular flexibility index (Phi) is 6.08. The zero-order valence-corrected chi connectivity index (χ0v) is 9.02. The summed E-state index contributed by atoms with van der Waals surface area (Å²) in [7, 11) is 1.45. The third-order valence-electron chi connectivity index (χ3n) is 2.57. The molecule has 1 aliphatic heterocycles. The van der Waals surface area contributed by atoms with E-state index < -0.39 is 0 Å². The summed E-state index contributed by atoms with van der Waals surface area (Å²) in [6, 6.07) is -0.0613. The molecule has 1 saturated heterocycles. The van der Waals surface area contributed by atoms with Crippen molar-refractivity contribution in [2.24, 2.45) is 5.92 Å². The number of hydrogen-bond donors (Lipinski definition) is 1. The second-order valence-corrected chi connectivity index (χ2v) is 3.27. The molecule has 1 fully saturated rings. The van der Waals surface area contributed by atoms with Crippen LogP contribution in [-0.4, -0.2) is 25.7 Å². The Balaban J connectivity index is 0.00000144. The highest BCUT2D eigenvalue weighted by Gasteiger charge is 2.29. The monoisotopic (exact) mass is 207 g/mol. The molecule has 1 rings (SSSR count). The number of hydrogen-bond acceptors (Lipinski definition) is 3. The minimum atomic E-state index is -0.110. The van der Waals surface area contributed by atoms with Gasteiger partial charge in [-0.25, -0.2) is 0 Å². The van der Waals surface area contributed by atoms with Gasteiger partial charge >= 0.3 is 5.97 Å². The number of nitrogens with one attached hydrogen (secondary N) is 1. The summed E-state index contributed by atoms with van der Waals surface area (Å²) >= 11 is 0. The highest BCUT2D eigenvalue weighted by atomic mass is 35.5. The van der Waals surface area contributed by atoms with Crippen molar-refractivity contribution in [3.8, 4) is 0 Å². The Bertz CT molecular complexity index is 164. The van der Waals surface area contributed by atoms with Crippen LogP contribution in [0.5, 0.6) is 0 Å². The molecule has 1 heterocycles. The molecule has 0 aromatic heterocycles. The van der Waals surface area contributed by atoms with E-state index in [1.807, 2.05) is 0 Å². The van der Waals surface area contributed by atoms with E-state index in [1.165, 1.54) is 13.5 Å². The van der Waals surface area contributed by atoms with Crippen LogP contribution in [0.15, 0.2) is 0 Å². The lowest BCUT2D eigenvalue weighted by atomic mass is 9.89. The second kappa shape index (κ2) is 6.22. The molecule has 1 N–H and O–H groups in total. The average molecular weight is 208 g/mol. The van der Waals surface area contributed by atoms with Crippen molar-refractivity contribution >= 4 is 18.4 Å². The SMILES string of the molecule is CC[C@@H]1CCCN[C@@H]1C(=O)OC.Cl. The van der Waals surface area contributed by atoms with Crippen molar-refractivity contribution in [3.05, 3.63) is 0 Å². The summed E-state index contributed by atoms with van der Waals surface area (Å²) in [5.41, 5.74) is 0. The van der Waals surface area contributed by atoms with Crippen molar-refractivity contribution in [2.45, 2.75) is 32.2 Å². The largest absolute Gasteiger partial charge is 0.468 e. The maximum atomic E-state index is 11.3. The van der Waals surface area contributed by atoms with Crippen molar-refractivity contribution in [1.29, 1.82) is 0 Å². The molecule has 0 bridgehead atoms. The highest BCUT2D eigenvalue weighted by Crippen LogP contribution is 2.20. The maximum Gasteiger partial charge on any atom is 0.323 e. The number of rotatable bonds is 2. The first-order valence-electron chi connectivity index (χ1n) is 4.60. The minimum Gasteiger partial charge on any atom is -0.468 e. The molecule has 0 aromatic carbocycles. The molecule has 0 aliphatic carbocycles. The highest BCUT2D eigenvalue weighted by molar-refractivity contribution is 5.85. The molecule has 3 nitrogen and oxygen atoms in total. The molecule has 4 heteroatoms. The van der Waals surface area contributed by atoms with Gasteiger partial charge in [0.05, 0.1) is 7.11 Å². The number of esters is 1. The quantitative estimate of drug-likeness (QED) is 0.695. The second-order valence-electron chi connectivity index (χ2n) is 3.27. The summed E-state index contributed by atoms with van der Waals surface area (Å²) in [6.45, 7) is 3.06. The molecule has 0 unspecified atom stereocenters. The van der Waals surface area contributed by atoms with E-state index in [-0.39, 0.29) is 24.4 Å². The number of carbonyl (C=O) groups excluding carboxylic acids is 1. The third kappa shape index (κ3) is 3.16. The fourth-order valence-electron chi connectivity index (χ4n) is 1.80. The van der Waals surface area contributed by atoms with Gasteiger partial charge in [0.15, 0.2) is 0 Å². The molecule has 0 radical (unpaired) electrons. The van der Waals surface area contributed by atoms with Crippen molar-refractivity contribution in [1.82, 2.24) is 5.32 Å². The van der Waals surface area contributed by atoms with Crippen molar-refractivity contribution < 1.29 is 9.53 Å². The summed E-state index contributed by atoms with van der Waals surface area (Å²) in [5, 5.41) is 3.20. The fraction of sp³-hybridized carbons (Fsp3) is 0.889. The van der Waals surface area contributed by atoms with Crippen molar-refractivity contribution in [2.75, 3.05) is 13.7 Å². The van der Waals surface area contributed by atoms with E-state index in [4.69, 9.17) is 4.74 Å². The zero-order valence-electron chi connectivity index (χ0n) is 8.21. The molecule has 13 heavy (non-hydrogen) atoms. The zero-order chi connectivity index (χ0) is 8.97. The first kappa shape index (κ1) is 12.7. The molecular weight excluding hydrogens is 190 g/mol. The first-order chi connectivity index (χ1) is 5.79. The Morgan fingerprint density at radius 1 is 1.62 bits per heavy atom. The van der Waals surface area contributed by atoms with E-state index in [2.05, 4.69) is 12.2 Å². The number of carbonyl (C=O) groups is 1. The standard InChI is InChI=1S/C9H17NO2.ClH/c1-3-7-5-4-6-10-8(7)9(11)12-2;/h7-8,10H,3-6H2,1-2H3;1H/t7-,8+;/m1./s1. The van der Waals surface area contributed by atoms with E-state index in [1.54, 1.807) is 0 Å². The minimum absolute atomic E-state index is 0. The molecule has 0 saturated carbocycles. The molecule has 0 spiro atoms. The van der Waals surface area contributed by atoms with Crippen LogP contribution in [0.4, 0.5) is 0 Å². The van der Waals surface area contributed by atoms with E-state index in [0.29, 0.717) is 5.92 Å². The molecule has 78 valence electrons. The molecule has 2 atom stereocenters. The fourth-order valence-corrected chi connectivity index (χ4v) is 1.80. The van der Waals surface area contributed by atoms with Gasteiger partial charge in [0.25, 0.3) is 0 Å². The summed E-state index contributed by atoms with van der Waals surface area (Å²) in [6.07, 6.45) is 3.36. The Morgan fingerprint density at radius 3 is 2.85 bits per heavy atom. The molecule has 0 aromatic rings. The summed E-state index contributed by atoms with van der Waals surface area (Å²) < 4.78 is 4.72. The third-order valence-corrected chi connectivity index (χ3v) is 2.57. The lowest BCUT2D eigenvalue weighted by Gasteiger charge is -2.29. The predicted molar refractivity (Wildman–Crippen MR) is 54.1 cm³/mol. The van der Waals surface area contributed by atoms with Crippen LogP contribution in [0.25, 0.3) is 0 Å². The number of ether oxygens (including phenoxy) is 1.